The molecule has 0 bridgehead atoms. The number of benzene rings is 1. The molecular formula is C24H32N4O6SSi. The highest BCUT2D eigenvalue weighted by molar-refractivity contribution is 7.20. The summed E-state index contributed by atoms with van der Waals surface area (Å²) in [6.45, 7) is 9.16. The lowest BCUT2D eigenvalue weighted by Crippen LogP contribution is -2.22. The number of esters is 1. The van der Waals surface area contributed by atoms with E-state index in [1.54, 1.807) is 12.4 Å². The first-order valence-electron chi connectivity index (χ1n) is 11.9. The van der Waals surface area contributed by atoms with Gasteiger partial charge in [0, 0.05) is 45.9 Å². The number of thiophene rings is 1. The number of carbonyl (C=O) groups excluding carboxylic acids is 1. The minimum absolute atomic E-state index is 0.0333. The maximum absolute atomic E-state index is 12.7. The molecule has 12 heteroatoms. The van der Waals surface area contributed by atoms with Gasteiger partial charge in [0.1, 0.15) is 16.6 Å². The van der Waals surface area contributed by atoms with Gasteiger partial charge >= 0.3 is 11.7 Å². The number of aliphatic hydroxyl groups is 1. The largest absolute Gasteiger partial charge is 0.465 e. The number of anilines is 1. The van der Waals surface area contributed by atoms with Crippen molar-refractivity contribution >= 4 is 47.1 Å². The van der Waals surface area contributed by atoms with Crippen molar-refractivity contribution in [3.05, 3.63) is 40.2 Å². The zero-order chi connectivity index (χ0) is 26.0. The number of carbonyl (C=O) groups is 1. The van der Waals surface area contributed by atoms with Crippen LogP contribution >= 0.6 is 11.3 Å². The maximum Gasteiger partial charge on any atom is 0.347 e. The van der Waals surface area contributed by atoms with Crippen LogP contribution in [0.5, 0.6) is 0 Å². The molecule has 2 aromatic heterocycles. The molecule has 0 radical (unpaired) electrons. The van der Waals surface area contributed by atoms with Crippen LogP contribution < -0.4 is 4.90 Å². The van der Waals surface area contributed by atoms with Crippen LogP contribution in [0.3, 0.4) is 0 Å². The molecule has 0 spiro atoms. The van der Waals surface area contributed by atoms with E-state index in [1.165, 1.54) is 18.4 Å². The van der Waals surface area contributed by atoms with Gasteiger partial charge in [0.2, 0.25) is 0 Å². The van der Waals surface area contributed by atoms with Crippen molar-refractivity contribution in [3.63, 3.8) is 0 Å². The van der Waals surface area contributed by atoms with Crippen LogP contribution in [0.2, 0.25) is 25.7 Å². The molecule has 1 aliphatic heterocycles. The van der Waals surface area contributed by atoms with E-state index in [9.17, 15) is 20.0 Å². The summed E-state index contributed by atoms with van der Waals surface area (Å²) >= 11 is 1.20. The van der Waals surface area contributed by atoms with Gasteiger partial charge in [-0.3, -0.25) is 10.1 Å². The second-order valence-electron chi connectivity index (χ2n) is 10.3. The molecule has 0 saturated carbocycles. The second kappa shape index (κ2) is 10.7. The van der Waals surface area contributed by atoms with Gasteiger partial charge < -0.3 is 24.0 Å². The van der Waals surface area contributed by atoms with E-state index in [0.29, 0.717) is 47.4 Å². The van der Waals surface area contributed by atoms with Crippen LogP contribution in [-0.2, 0) is 16.2 Å². The van der Waals surface area contributed by atoms with Crippen LogP contribution in [0.25, 0.3) is 21.5 Å². The highest BCUT2D eigenvalue weighted by Crippen LogP contribution is 2.48. The monoisotopic (exact) mass is 532 g/mol. The number of hydrogen-bond donors (Lipinski definition) is 1. The molecular weight excluding hydrogens is 500 g/mol. The first kappa shape index (κ1) is 26.3. The number of ether oxygens (including phenoxy) is 2. The summed E-state index contributed by atoms with van der Waals surface area (Å²) in [5, 5.41) is 22.2. The molecule has 4 rings (SSSR count). The summed E-state index contributed by atoms with van der Waals surface area (Å²) in [5.74, 6) is -0.680. The minimum Gasteiger partial charge on any atom is -0.465 e. The molecule has 1 aliphatic rings. The molecule has 1 N–H and O–H groups in total. The lowest BCUT2D eigenvalue weighted by molar-refractivity contribution is -0.384. The first-order valence-corrected chi connectivity index (χ1v) is 16.4. The molecule has 1 fully saturated rings. The molecule has 194 valence electrons. The van der Waals surface area contributed by atoms with E-state index >= 15 is 0 Å². The zero-order valence-electron chi connectivity index (χ0n) is 21.0. The maximum atomic E-state index is 12.7. The van der Waals surface area contributed by atoms with E-state index in [0.717, 1.165) is 18.0 Å². The van der Waals surface area contributed by atoms with E-state index in [4.69, 9.17) is 9.47 Å². The van der Waals surface area contributed by atoms with Crippen molar-refractivity contribution in [1.82, 2.24) is 9.55 Å². The van der Waals surface area contributed by atoms with Crippen LogP contribution in [0.1, 0.15) is 16.8 Å². The summed E-state index contributed by atoms with van der Waals surface area (Å²) in [5.41, 5.74) is 1.86. The summed E-state index contributed by atoms with van der Waals surface area (Å²) in [6.07, 6.45) is 2.46. The Morgan fingerprint density at radius 3 is 2.78 bits per heavy atom. The number of nitro groups is 1. The number of aromatic nitrogens is 2. The average molecular weight is 533 g/mol. The van der Waals surface area contributed by atoms with Crippen molar-refractivity contribution < 1.29 is 24.3 Å². The third-order valence-electron chi connectivity index (χ3n) is 6.38. The highest BCUT2D eigenvalue weighted by atomic mass is 32.1. The predicted octanol–water partition coefficient (Wildman–Crippen LogP) is 4.59. The van der Waals surface area contributed by atoms with Gasteiger partial charge in [-0.25, -0.2) is 9.78 Å². The molecule has 1 atom stereocenters. The number of nitrogens with zero attached hydrogens (tertiary/aromatic N) is 4. The van der Waals surface area contributed by atoms with Crippen LogP contribution in [0.15, 0.2) is 24.5 Å². The number of rotatable bonds is 10. The Morgan fingerprint density at radius 1 is 1.36 bits per heavy atom. The zero-order valence-corrected chi connectivity index (χ0v) is 22.8. The molecule has 1 aromatic carbocycles. The number of fused-ring (bicyclic) bond motifs is 1. The Balaban J connectivity index is 1.68. The van der Waals surface area contributed by atoms with Crippen molar-refractivity contribution in [2.75, 3.05) is 38.3 Å². The number of methoxy groups -OCH3 is 1. The molecule has 1 saturated heterocycles. The summed E-state index contributed by atoms with van der Waals surface area (Å²) in [7, 11) is 0.0454. The second-order valence-corrected chi connectivity index (χ2v) is 16.9. The summed E-state index contributed by atoms with van der Waals surface area (Å²) in [6, 6.07) is 6.57. The molecule has 0 aliphatic carbocycles. The molecule has 0 amide bonds. The SMILES string of the molecule is COC(=O)c1c(N2CCC(CO)C2)sc(-c2ccc3c(c2)ncn3COCC[Si](C)(C)C)c1[N+](=O)[O-]. The topological polar surface area (TPSA) is 120 Å². The fourth-order valence-corrected chi connectivity index (χ4v) is 6.35. The van der Waals surface area contributed by atoms with Gasteiger partial charge in [-0.15, -0.1) is 11.3 Å². The average Bonchev–Trinajstić information content (AvgIpc) is 3.56. The van der Waals surface area contributed by atoms with Gasteiger partial charge in [-0.1, -0.05) is 25.7 Å². The van der Waals surface area contributed by atoms with Gasteiger partial charge in [0.25, 0.3) is 0 Å². The third kappa shape index (κ3) is 5.46. The van der Waals surface area contributed by atoms with Crippen molar-refractivity contribution in [2.24, 2.45) is 5.92 Å². The fourth-order valence-electron chi connectivity index (χ4n) is 4.30. The standard InChI is InChI=1S/C24H32N4O6SSi/c1-33-24(30)20-21(28(31)32)22(35-23(20)26-8-7-16(12-26)13-29)17-5-6-19-18(11-17)25-14-27(19)15-34-9-10-36(2,3)4/h5-6,11,14,16,29H,7-10,12-13,15H2,1-4H3. The fraction of sp³-hybridized carbons (Fsp3) is 0.500. The van der Waals surface area contributed by atoms with Crippen LogP contribution in [0, 0.1) is 16.0 Å². The van der Waals surface area contributed by atoms with Crippen LogP contribution in [0.4, 0.5) is 10.7 Å². The Labute approximate surface area is 214 Å². The Kier molecular flexibility index (Phi) is 7.78. The van der Waals surface area contributed by atoms with Crippen molar-refractivity contribution in [1.29, 1.82) is 0 Å². The smallest absolute Gasteiger partial charge is 0.347 e. The Bertz CT molecular complexity index is 1270. The number of aliphatic hydroxyl groups excluding tert-OH is 1. The Morgan fingerprint density at radius 2 is 2.14 bits per heavy atom. The van der Waals surface area contributed by atoms with Crippen LogP contribution in [-0.4, -0.2) is 67.0 Å². The molecule has 3 heterocycles. The van der Waals surface area contributed by atoms with Gasteiger partial charge in [0.05, 0.1) is 29.4 Å². The first-order chi connectivity index (χ1) is 17.1. The van der Waals surface area contributed by atoms with Gasteiger partial charge in [-0.05, 0) is 24.6 Å². The molecule has 1 unspecified atom stereocenters. The van der Waals surface area contributed by atoms with E-state index in [1.807, 2.05) is 21.6 Å². The quantitative estimate of drug-likeness (QED) is 0.132. The van der Waals surface area contributed by atoms with E-state index in [2.05, 4.69) is 24.6 Å². The van der Waals surface area contributed by atoms with Crippen molar-refractivity contribution in [3.8, 4) is 10.4 Å². The summed E-state index contributed by atoms with van der Waals surface area (Å²) < 4.78 is 12.7. The number of imidazole rings is 1. The molecule has 36 heavy (non-hydrogen) atoms. The van der Waals surface area contributed by atoms with E-state index in [-0.39, 0.29) is 23.8 Å². The normalized spacial score (nSPS) is 16.1. The molecule has 3 aromatic rings. The third-order valence-corrected chi connectivity index (χ3v) is 9.37. The molecule has 10 nitrogen and oxygen atoms in total. The van der Waals surface area contributed by atoms with Gasteiger partial charge in [0.15, 0.2) is 5.56 Å². The van der Waals surface area contributed by atoms with Crippen molar-refractivity contribution in [2.45, 2.75) is 38.8 Å². The predicted molar refractivity (Wildman–Crippen MR) is 143 cm³/mol. The minimum atomic E-state index is -1.17. The highest BCUT2D eigenvalue weighted by Gasteiger charge is 2.37. The number of hydrogen-bond acceptors (Lipinski definition) is 9. The van der Waals surface area contributed by atoms with Gasteiger partial charge in [-0.2, -0.15) is 0 Å². The summed E-state index contributed by atoms with van der Waals surface area (Å²) in [4.78, 5) is 31.1. The lowest BCUT2D eigenvalue weighted by atomic mass is 10.1. The Hall–Kier alpha value is -2.80. The lowest BCUT2D eigenvalue weighted by Gasteiger charge is -2.17. The van der Waals surface area contributed by atoms with E-state index < -0.39 is 19.0 Å².